The van der Waals surface area contributed by atoms with Crippen molar-refractivity contribution in [1.29, 1.82) is 0 Å². The van der Waals surface area contributed by atoms with Gasteiger partial charge in [0.05, 0.1) is 12.3 Å². The summed E-state index contributed by atoms with van der Waals surface area (Å²) in [4.78, 5) is 0. The lowest BCUT2D eigenvalue weighted by molar-refractivity contribution is 0.340. The first-order valence-electron chi connectivity index (χ1n) is 8.90. The molecular weight excluding hydrogens is 372 g/mol. The molecule has 4 rings (SSSR count). The third kappa shape index (κ3) is 3.86. The molecule has 28 heavy (non-hydrogen) atoms. The molecule has 0 fully saturated rings. The van der Waals surface area contributed by atoms with Crippen LogP contribution < -0.4 is 10.6 Å². The van der Waals surface area contributed by atoms with Gasteiger partial charge in [0.2, 0.25) is 5.16 Å². The fourth-order valence-corrected chi connectivity index (χ4v) is 3.57. The van der Waals surface area contributed by atoms with Gasteiger partial charge in [0.1, 0.15) is 5.75 Å². The number of hydrogen-bond donors (Lipinski definition) is 1. The summed E-state index contributed by atoms with van der Waals surface area (Å²) in [6.45, 7) is 2.59. The lowest BCUT2D eigenvalue weighted by Gasteiger charge is -2.06. The zero-order valence-electron chi connectivity index (χ0n) is 15.4. The van der Waals surface area contributed by atoms with Gasteiger partial charge in [-0.3, -0.25) is 0 Å². The maximum absolute atomic E-state index is 6.21. The van der Waals surface area contributed by atoms with Gasteiger partial charge in [-0.25, -0.2) is 9.36 Å². The fourth-order valence-electron chi connectivity index (χ4n) is 2.75. The fraction of sp³-hybridized carbons (Fsp3) is 0.150. The number of ether oxygens (including phenoxy) is 1. The van der Waals surface area contributed by atoms with Crippen molar-refractivity contribution in [2.45, 2.75) is 17.8 Å². The van der Waals surface area contributed by atoms with Crippen molar-refractivity contribution in [2.75, 3.05) is 12.4 Å². The summed E-state index contributed by atoms with van der Waals surface area (Å²) >= 11 is 1.55. The van der Waals surface area contributed by atoms with E-state index in [1.165, 1.54) is 10.2 Å². The highest BCUT2D eigenvalue weighted by Gasteiger charge is 2.12. The van der Waals surface area contributed by atoms with Crippen molar-refractivity contribution < 1.29 is 4.74 Å². The maximum atomic E-state index is 6.21. The van der Waals surface area contributed by atoms with E-state index in [1.807, 2.05) is 60.3 Å². The second-order valence-corrected chi connectivity index (χ2v) is 6.98. The Balaban J connectivity index is 1.43. The molecule has 0 unspecified atom stereocenters. The van der Waals surface area contributed by atoms with E-state index < -0.39 is 0 Å². The van der Waals surface area contributed by atoms with Gasteiger partial charge in [-0.15, -0.1) is 10.2 Å². The summed E-state index contributed by atoms with van der Waals surface area (Å²) in [5.74, 6) is 8.41. The summed E-state index contributed by atoms with van der Waals surface area (Å²) in [6.07, 6.45) is 3.68. The van der Waals surface area contributed by atoms with Gasteiger partial charge in [0, 0.05) is 23.7 Å². The van der Waals surface area contributed by atoms with E-state index in [1.54, 1.807) is 18.0 Å². The predicted octanol–water partition coefficient (Wildman–Crippen LogP) is 3.54. The second kappa shape index (κ2) is 8.18. The van der Waals surface area contributed by atoms with Crippen molar-refractivity contribution in [3.8, 4) is 22.8 Å². The minimum absolute atomic E-state index is 0.625. The van der Waals surface area contributed by atoms with E-state index in [4.69, 9.17) is 10.6 Å². The van der Waals surface area contributed by atoms with Crippen LogP contribution in [0.1, 0.15) is 12.5 Å². The van der Waals surface area contributed by atoms with E-state index in [2.05, 4.69) is 27.4 Å². The van der Waals surface area contributed by atoms with Crippen LogP contribution in [0.25, 0.3) is 17.1 Å². The number of benzene rings is 2. The second-order valence-electron chi connectivity index (χ2n) is 6.04. The van der Waals surface area contributed by atoms with E-state index in [0.29, 0.717) is 17.6 Å². The molecule has 2 aromatic heterocycles. The molecule has 0 atom stereocenters. The van der Waals surface area contributed by atoms with Crippen LogP contribution in [0.5, 0.6) is 5.75 Å². The van der Waals surface area contributed by atoms with Crippen molar-refractivity contribution in [3.05, 3.63) is 72.6 Å². The molecular formula is C20H20N6OS. The largest absolute Gasteiger partial charge is 0.494 e. The Morgan fingerprint density at radius 1 is 1.04 bits per heavy atom. The monoisotopic (exact) mass is 392 g/mol. The molecule has 0 spiro atoms. The topological polar surface area (TPSA) is 83.8 Å². The Bertz CT molecular complexity index is 1030. The zero-order chi connectivity index (χ0) is 19.3. The number of rotatable bonds is 7. The molecule has 2 N–H and O–H groups in total. The molecule has 0 bridgehead atoms. The first kappa shape index (κ1) is 18.1. The van der Waals surface area contributed by atoms with Gasteiger partial charge >= 0.3 is 0 Å². The zero-order valence-corrected chi connectivity index (χ0v) is 16.2. The van der Waals surface area contributed by atoms with Crippen LogP contribution >= 0.6 is 11.8 Å². The molecule has 4 aromatic rings. The lowest BCUT2D eigenvalue weighted by atomic mass is 10.2. The molecule has 8 heteroatoms. The molecule has 0 aliphatic carbocycles. The first-order chi connectivity index (χ1) is 13.7. The number of thioether (sulfide) groups is 1. The van der Waals surface area contributed by atoms with E-state index >= 15 is 0 Å². The van der Waals surface area contributed by atoms with Gasteiger partial charge in [0.25, 0.3) is 0 Å². The number of nitrogens with zero attached hydrogens (tertiary/aromatic N) is 5. The summed E-state index contributed by atoms with van der Waals surface area (Å²) in [5, 5.41) is 13.4. The summed E-state index contributed by atoms with van der Waals surface area (Å²) in [5.41, 5.74) is 3.10. The Morgan fingerprint density at radius 2 is 1.82 bits per heavy atom. The summed E-state index contributed by atoms with van der Waals surface area (Å²) in [7, 11) is 0. The van der Waals surface area contributed by atoms with Crippen LogP contribution in [0.15, 0.2) is 72.1 Å². The molecule has 0 saturated carbocycles. The highest BCUT2D eigenvalue weighted by molar-refractivity contribution is 7.98. The highest BCUT2D eigenvalue weighted by Crippen LogP contribution is 2.26. The molecule has 2 heterocycles. The van der Waals surface area contributed by atoms with Gasteiger partial charge in [-0.2, -0.15) is 5.10 Å². The number of nitrogens with two attached hydrogens (primary N) is 1. The van der Waals surface area contributed by atoms with E-state index in [9.17, 15) is 0 Å². The molecule has 2 aromatic carbocycles. The minimum atomic E-state index is 0.625. The lowest BCUT2D eigenvalue weighted by Crippen LogP contribution is -2.11. The van der Waals surface area contributed by atoms with Crippen LogP contribution in [0.4, 0.5) is 0 Å². The van der Waals surface area contributed by atoms with Crippen molar-refractivity contribution in [1.82, 2.24) is 24.7 Å². The molecule has 0 saturated heterocycles. The number of nitrogen functional groups attached to an aromatic ring is 1. The average Bonchev–Trinajstić information content (AvgIpc) is 3.38. The summed E-state index contributed by atoms with van der Waals surface area (Å²) in [6, 6.07) is 17.8. The summed E-state index contributed by atoms with van der Waals surface area (Å²) < 4.78 is 8.82. The van der Waals surface area contributed by atoms with Gasteiger partial charge in [-0.05, 0) is 55.0 Å². The van der Waals surface area contributed by atoms with Crippen LogP contribution in [-0.2, 0) is 5.75 Å². The van der Waals surface area contributed by atoms with Gasteiger partial charge in [-0.1, -0.05) is 23.9 Å². The Kier molecular flexibility index (Phi) is 5.29. The van der Waals surface area contributed by atoms with E-state index in [0.717, 1.165) is 22.8 Å². The molecule has 0 aliphatic rings. The number of hydrogen-bond acceptors (Lipinski definition) is 6. The molecule has 7 nitrogen and oxygen atoms in total. The Morgan fingerprint density at radius 3 is 2.50 bits per heavy atom. The van der Waals surface area contributed by atoms with Crippen molar-refractivity contribution >= 4 is 11.8 Å². The van der Waals surface area contributed by atoms with Crippen molar-refractivity contribution in [2.24, 2.45) is 0 Å². The maximum Gasteiger partial charge on any atom is 0.210 e. The predicted molar refractivity (Wildman–Crippen MR) is 110 cm³/mol. The average molecular weight is 392 g/mol. The van der Waals surface area contributed by atoms with Crippen LogP contribution in [-0.4, -0.2) is 31.3 Å². The van der Waals surface area contributed by atoms with Crippen LogP contribution in [0.3, 0.4) is 0 Å². The molecule has 142 valence electrons. The third-order valence-corrected chi connectivity index (χ3v) is 5.18. The molecule has 0 radical (unpaired) electrons. The minimum Gasteiger partial charge on any atom is -0.494 e. The standard InChI is InChI=1S/C20H20N6OS/c1-2-27-18-10-6-16(7-11-18)19-23-24-20(26(19)21)28-14-15-4-8-17(9-5-15)25-13-3-12-22-25/h3-13H,2,14,21H2,1H3. The number of aromatic nitrogens is 5. The first-order valence-corrected chi connectivity index (χ1v) is 9.88. The molecule has 0 aliphatic heterocycles. The van der Waals surface area contributed by atoms with Crippen LogP contribution in [0, 0.1) is 0 Å². The van der Waals surface area contributed by atoms with Gasteiger partial charge in [0.15, 0.2) is 5.82 Å². The third-order valence-electron chi connectivity index (χ3n) is 4.16. The van der Waals surface area contributed by atoms with Crippen LogP contribution in [0.2, 0.25) is 0 Å². The van der Waals surface area contributed by atoms with E-state index in [-0.39, 0.29) is 0 Å². The SMILES string of the molecule is CCOc1ccc(-c2nnc(SCc3ccc(-n4cccn4)cc3)n2N)cc1. The quantitative estimate of drug-likeness (QED) is 0.383. The smallest absolute Gasteiger partial charge is 0.210 e. The van der Waals surface area contributed by atoms with Gasteiger partial charge < -0.3 is 10.6 Å². The Labute approximate surface area is 167 Å². The molecule has 0 amide bonds. The Hall–Kier alpha value is -3.26. The highest BCUT2D eigenvalue weighted by atomic mass is 32.2. The van der Waals surface area contributed by atoms with Crippen molar-refractivity contribution in [3.63, 3.8) is 0 Å². The normalized spacial score (nSPS) is 10.9.